The molecule has 1 unspecified atom stereocenters. The standard InChI is InChI=1S/C10H17NO2/c12-10(13)8-4-1-2-6-11-7-3-5-9(8)11/h8-9H,1-7H2,(H,12,13)/t8?,9-/m1/s1. The second-order valence-electron chi connectivity index (χ2n) is 4.19. The molecule has 13 heavy (non-hydrogen) atoms. The van der Waals surface area contributed by atoms with Gasteiger partial charge in [0.15, 0.2) is 0 Å². The molecule has 2 fully saturated rings. The zero-order chi connectivity index (χ0) is 9.26. The van der Waals surface area contributed by atoms with Crippen molar-refractivity contribution in [1.82, 2.24) is 4.90 Å². The van der Waals surface area contributed by atoms with Crippen LogP contribution in [-0.2, 0) is 4.79 Å². The Labute approximate surface area is 78.7 Å². The first-order valence-corrected chi connectivity index (χ1v) is 5.26. The lowest BCUT2D eigenvalue weighted by Crippen LogP contribution is -2.37. The highest BCUT2D eigenvalue weighted by Gasteiger charge is 2.36. The van der Waals surface area contributed by atoms with E-state index in [1.54, 1.807) is 0 Å². The smallest absolute Gasteiger partial charge is 0.308 e. The molecule has 2 saturated heterocycles. The van der Waals surface area contributed by atoms with Crippen LogP contribution in [0.2, 0.25) is 0 Å². The molecular formula is C10H17NO2. The van der Waals surface area contributed by atoms with E-state index in [2.05, 4.69) is 4.90 Å². The van der Waals surface area contributed by atoms with Gasteiger partial charge in [-0.25, -0.2) is 0 Å². The van der Waals surface area contributed by atoms with Gasteiger partial charge in [0.25, 0.3) is 0 Å². The predicted octanol–water partition coefficient (Wildman–Crippen LogP) is 1.34. The van der Waals surface area contributed by atoms with E-state index in [-0.39, 0.29) is 5.92 Å². The number of nitrogens with zero attached hydrogens (tertiary/aromatic N) is 1. The highest BCUT2D eigenvalue weighted by atomic mass is 16.4. The van der Waals surface area contributed by atoms with Crippen LogP contribution in [0.3, 0.4) is 0 Å². The number of carboxylic acid groups (broad SMARTS) is 1. The topological polar surface area (TPSA) is 40.5 Å². The zero-order valence-corrected chi connectivity index (χ0v) is 7.91. The predicted molar refractivity (Wildman–Crippen MR) is 49.6 cm³/mol. The van der Waals surface area contributed by atoms with Crippen molar-refractivity contribution in [3.63, 3.8) is 0 Å². The summed E-state index contributed by atoms with van der Waals surface area (Å²) in [6.07, 6.45) is 5.44. The molecule has 74 valence electrons. The third-order valence-corrected chi connectivity index (χ3v) is 3.41. The van der Waals surface area contributed by atoms with Crippen LogP contribution in [0.15, 0.2) is 0 Å². The third kappa shape index (κ3) is 1.70. The van der Waals surface area contributed by atoms with E-state index in [4.69, 9.17) is 5.11 Å². The summed E-state index contributed by atoms with van der Waals surface area (Å²) >= 11 is 0. The highest BCUT2D eigenvalue weighted by Crippen LogP contribution is 2.30. The number of rotatable bonds is 1. The molecule has 0 bridgehead atoms. The molecule has 0 radical (unpaired) electrons. The van der Waals surface area contributed by atoms with Gasteiger partial charge in [-0.3, -0.25) is 9.69 Å². The summed E-state index contributed by atoms with van der Waals surface area (Å²) in [7, 11) is 0. The molecule has 3 nitrogen and oxygen atoms in total. The molecule has 0 amide bonds. The fourth-order valence-electron chi connectivity index (χ4n) is 2.74. The maximum absolute atomic E-state index is 11.0. The van der Waals surface area contributed by atoms with Gasteiger partial charge in [0.1, 0.15) is 0 Å². The van der Waals surface area contributed by atoms with Gasteiger partial charge in [0, 0.05) is 6.04 Å². The molecule has 0 aromatic rings. The number of hydrogen-bond acceptors (Lipinski definition) is 2. The first kappa shape index (κ1) is 9.00. The van der Waals surface area contributed by atoms with E-state index < -0.39 is 5.97 Å². The van der Waals surface area contributed by atoms with E-state index in [1.807, 2.05) is 0 Å². The van der Waals surface area contributed by atoms with Gasteiger partial charge >= 0.3 is 5.97 Å². The van der Waals surface area contributed by atoms with Gasteiger partial charge in [-0.15, -0.1) is 0 Å². The first-order valence-electron chi connectivity index (χ1n) is 5.26. The Hall–Kier alpha value is -0.570. The zero-order valence-electron chi connectivity index (χ0n) is 7.91. The van der Waals surface area contributed by atoms with Crippen LogP contribution in [0.4, 0.5) is 0 Å². The summed E-state index contributed by atoms with van der Waals surface area (Å²) < 4.78 is 0. The van der Waals surface area contributed by atoms with Crippen molar-refractivity contribution >= 4 is 5.97 Å². The van der Waals surface area contributed by atoms with E-state index in [1.165, 1.54) is 12.8 Å². The van der Waals surface area contributed by atoms with Crippen LogP contribution in [0.25, 0.3) is 0 Å². The van der Waals surface area contributed by atoms with Crippen molar-refractivity contribution in [3.8, 4) is 0 Å². The lowest BCUT2D eigenvalue weighted by atomic mass is 9.94. The van der Waals surface area contributed by atoms with E-state index in [0.717, 1.165) is 32.4 Å². The van der Waals surface area contributed by atoms with Gasteiger partial charge in [-0.05, 0) is 38.8 Å². The number of fused-ring (bicyclic) bond motifs is 1. The summed E-state index contributed by atoms with van der Waals surface area (Å²) in [6, 6.07) is 0.347. The Balaban J connectivity index is 2.10. The molecule has 0 spiro atoms. The lowest BCUT2D eigenvalue weighted by Gasteiger charge is -2.25. The Morgan fingerprint density at radius 3 is 2.69 bits per heavy atom. The van der Waals surface area contributed by atoms with Crippen molar-refractivity contribution in [3.05, 3.63) is 0 Å². The van der Waals surface area contributed by atoms with Crippen molar-refractivity contribution in [2.24, 2.45) is 5.92 Å². The molecule has 3 heteroatoms. The minimum Gasteiger partial charge on any atom is -0.481 e. The molecule has 0 saturated carbocycles. The molecule has 1 N–H and O–H groups in total. The van der Waals surface area contributed by atoms with Crippen LogP contribution in [0, 0.1) is 5.92 Å². The minimum atomic E-state index is -0.584. The summed E-state index contributed by atoms with van der Waals surface area (Å²) in [6.45, 7) is 2.24. The highest BCUT2D eigenvalue weighted by molar-refractivity contribution is 5.71. The monoisotopic (exact) mass is 183 g/mol. The second-order valence-corrected chi connectivity index (χ2v) is 4.19. The quantitative estimate of drug-likeness (QED) is 0.666. The maximum atomic E-state index is 11.0. The molecule has 0 aliphatic carbocycles. The van der Waals surface area contributed by atoms with Gasteiger partial charge in [-0.2, -0.15) is 0 Å². The van der Waals surface area contributed by atoms with Gasteiger partial charge in [0.05, 0.1) is 5.92 Å². The van der Waals surface area contributed by atoms with Gasteiger partial charge in [0.2, 0.25) is 0 Å². The average molecular weight is 183 g/mol. The fourth-order valence-corrected chi connectivity index (χ4v) is 2.74. The summed E-state index contributed by atoms with van der Waals surface area (Å²) in [5.74, 6) is -0.677. The normalized spacial score (nSPS) is 35.4. The van der Waals surface area contributed by atoms with Crippen LogP contribution in [0.5, 0.6) is 0 Å². The van der Waals surface area contributed by atoms with Crippen LogP contribution < -0.4 is 0 Å². The third-order valence-electron chi connectivity index (χ3n) is 3.41. The largest absolute Gasteiger partial charge is 0.481 e. The number of hydrogen-bond donors (Lipinski definition) is 1. The van der Waals surface area contributed by atoms with Crippen LogP contribution in [-0.4, -0.2) is 35.1 Å². The minimum absolute atomic E-state index is 0.0926. The average Bonchev–Trinajstić information content (AvgIpc) is 2.44. The van der Waals surface area contributed by atoms with E-state index >= 15 is 0 Å². The number of carbonyl (C=O) groups is 1. The summed E-state index contributed by atoms with van der Waals surface area (Å²) in [5, 5.41) is 9.08. The molecule has 2 rings (SSSR count). The second kappa shape index (κ2) is 3.66. The van der Waals surface area contributed by atoms with Crippen molar-refractivity contribution < 1.29 is 9.90 Å². The van der Waals surface area contributed by atoms with Crippen molar-refractivity contribution in [2.45, 2.75) is 38.1 Å². The Morgan fingerprint density at radius 2 is 1.92 bits per heavy atom. The summed E-state index contributed by atoms with van der Waals surface area (Å²) in [5.41, 5.74) is 0. The maximum Gasteiger partial charge on any atom is 0.308 e. The SMILES string of the molecule is O=C(O)C1CCCCN2CCC[C@H]12. The molecule has 2 heterocycles. The van der Waals surface area contributed by atoms with Crippen molar-refractivity contribution in [2.75, 3.05) is 13.1 Å². The van der Waals surface area contributed by atoms with Gasteiger partial charge < -0.3 is 5.11 Å². The van der Waals surface area contributed by atoms with Crippen LogP contribution >= 0.6 is 0 Å². The first-order chi connectivity index (χ1) is 6.29. The molecule has 0 aromatic carbocycles. The molecule has 2 atom stereocenters. The molecular weight excluding hydrogens is 166 g/mol. The summed E-state index contributed by atoms with van der Waals surface area (Å²) in [4.78, 5) is 13.4. The number of aliphatic carboxylic acids is 1. The lowest BCUT2D eigenvalue weighted by molar-refractivity contribution is -0.143. The fraction of sp³-hybridized carbons (Fsp3) is 0.900. The van der Waals surface area contributed by atoms with Gasteiger partial charge in [-0.1, -0.05) is 6.42 Å². The number of carboxylic acids is 1. The van der Waals surface area contributed by atoms with Crippen LogP contribution in [0.1, 0.15) is 32.1 Å². The molecule has 2 aliphatic heterocycles. The Morgan fingerprint density at radius 1 is 1.15 bits per heavy atom. The van der Waals surface area contributed by atoms with Crippen molar-refractivity contribution in [1.29, 1.82) is 0 Å². The van der Waals surface area contributed by atoms with E-state index in [0.29, 0.717) is 6.04 Å². The Kier molecular flexibility index (Phi) is 2.54. The molecule has 2 aliphatic rings. The Bertz CT molecular complexity index is 205. The van der Waals surface area contributed by atoms with E-state index in [9.17, 15) is 4.79 Å². The molecule has 0 aromatic heterocycles.